The van der Waals surface area contributed by atoms with Crippen LogP contribution in [0.4, 0.5) is 4.39 Å². The van der Waals surface area contributed by atoms with Gasteiger partial charge < -0.3 is 14.8 Å². The number of nitrogens with one attached hydrogen (secondary N) is 1. The molecule has 1 saturated heterocycles. The first-order valence-corrected chi connectivity index (χ1v) is 7.49. The molecule has 1 N–H and O–H groups in total. The van der Waals surface area contributed by atoms with Gasteiger partial charge in [-0.25, -0.2) is 4.39 Å². The molecule has 0 unspecified atom stereocenters. The van der Waals surface area contributed by atoms with Crippen LogP contribution >= 0.6 is 15.9 Å². The highest BCUT2D eigenvalue weighted by Crippen LogP contribution is 2.38. The van der Waals surface area contributed by atoms with E-state index in [1.54, 1.807) is 6.07 Å². The molecular formula is C15H17BrFNO3. The van der Waals surface area contributed by atoms with Crippen LogP contribution in [0, 0.1) is 11.7 Å². The summed E-state index contributed by atoms with van der Waals surface area (Å²) in [5.74, 6) is -1.20. The Kier molecular flexibility index (Phi) is 4.78. The van der Waals surface area contributed by atoms with Crippen molar-refractivity contribution in [1.82, 2.24) is 5.32 Å². The maximum atomic E-state index is 13.7. The zero-order valence-corrected chi connectivity index (χ0v) is 13.4. The third kappa shape index (κ3) is 3.32. The van der Waals surface area contributed by atoms with Crippen molar-refractivity contribution in [3.05, 3.63) is 34.1 Å². The molecule has 1 fully saturated rings. The maximum Gasteiger partial charge on any atom is 0.217 e. The summed E-state index contributed by atoms with van der Waals surface area (Å²) >= 11 is 3.24. The second-order valence-electron chi connectivity index (χ2n) is 5.41. The fourth-order valence-corrected chi connectivity index (χ4v) is 3.27. The van der Waals surface area contributed by atoms with Gasteiger partial charge in [0.15, 0.2) is 0 Å². The molecule has 1 heterocycles. The van der Waals surface area contributed by atoms with E-state index < -0.39 is 17.3 Å². The van der Waals surface area contributed by atoms with Crippen molar-refractivity contribution in [2.24, 2.45) is 5.92 Å². The number of rotatable bonds is 3. The van der Waals surface area contributed by atoms with E-state index in [2.05, 4.69) is 21.2 Å². The molecule has 1 amide bonds. The van der Waals surface area contributed by atoms with Gasteiger partial charge in [0, 0.05) is 17.3 Å². The molecule has 0 bridgehead atoms. The van der Waals surface area contributed by atoms with Gasteiger partial charge in [-0.2, -0.15) is 0 Å². The molecule has 114 valence electrons. The Morgan fingerprint density at radius 1 is 1.52 bits per heavy atom. The van der Waals surface area contributed by atoms with E-state index in [-0.39, 0.29) is 18.6 Å². The molecule has 0 radical (unpaired) electrons. The summed E-state index contributed by atoms with van der Waals surface area (Å²) in [6.45, 7) is 3.37. The van der Waals surface area contributed by atoms with Gasteiger partial charge in [-0.15, -0.1) is 0 Å². The summed E-state index contributed by atoms with van der Waals surface area (Å²) in [6, 6.07) is 4.36. The SMILES string of the molecule is CC(=O)N[C@@]1(c2cc(F)cc(Br)c2)CO[C@@H](C)C[C@H]1C=O. The first-order chi connectivity index (χ1) is 9.87. The molecule has 0 saturated carbocycles. The molecule has 6 heteroatoms. The van der Waals surface area contributed by atoms with Gasteiger partial charge in [0.2, 0.25) is 5.91 Å². The topological polar surface area (TPSA) is 55.4 Å². The number of carbonyl (C=O) groups is 2. The van der Waals surface area contributed by atoms with E-state index in [1.165, 1.54) is 19.1 Å². The van der Waals surface area contributed by atoms with Gasteiger partial charge in [-0.3, -0.25) is 4.79 Å². The molecule has 0 aromatic heterocycles. The van der Waals surface area contributed by atoms with Crippen LogP contribution in [0.25, 0.3) is 0 Å². The van der Waals surface area contributed by atoms with Crippen molar-refractivity contribution in [3.8, 4) is 0 Å². The zero-order valence-electron chi connectivity index (χ0n) is 11.9. The number of hydrogen-bond donors (Lipinski definition) is 1. The summed E-state index contributed by atoms with van der Waals surface area (Å²) < 4.78 is 19.9. The smallest absolute Gasteiger partial charge is 0.217 e. The number of aldehydes is 1. The first-order valence-electron chi connectivity index (χ1n) is 6.69. The average molecular weight is 358 g/mol. The van der Waals surface area contributed by atoms with E-state index >= 15 is 0 Å². The third-order valence-electron chi connectivity index (χ3n) is 3.76. The number of halogens is 2. The molecular weight excluding hydrogens is 341 g/mol. The highest BCUT2D eigenvalue weighted by Gasteiger charge is 2.46. The lowest BCUT2D eigenvalue weighted by molar-refractivity contribution is -0.133. The van der Waals surface area contributed by atoms with Gasteiger partial charge in [0.1, 0.15) is 12.1 Å². The van der Waals surface area contributed by atoms with Crippen LogP contribution in [0.3, 0.4) is 0 Å². The summed E-state index contributed by atoms with van der Waals surface area (Å²) in [4.78, 5) is 23.1. The predicted molar refractivity (Wildman–Crippen MR) is 79.2 cm³/mol. The second kappa shape index (κ2) is 6.23. The summed E-state index contributed by atoms with van der Waals surface area (Å²) in [7, 11) is 0. The molecule has 1 aliphatic rings. The Bertz CT molecular complexity index is 546. The molecule has 3 atom stereocenters. The molecule has 0 spiro atoms. The molecule has 1 aromatic rings. The minimum atomic E-state index is -1.04. The first kappa shape index (κ1) is 16.1. The lowest BCUT2D eigenvalue weighted by Gasteiger charge is -2.44. The van der Waals surface area contributed by atoms with Crippen LogP contribution in [-0.4, -0.2) is 24.9 Å². The van der Waals surface area contributed by atoms with Crippen molar-refractivity contribution >= 4 is 28.1 Å². The predicted octanol–water partition coefficient (Wildman–Crippen LogP) is 2.54. The quantitative estimate of drug-likeness (QED) is 0.845. The van der Waals surface area contributed by atoms with E-state index in [0.29, 0.717) is 16.5 Å². The Morgan fingerprint density at radius 3 is 2.81 bits per heavy atom. The maximum absolute atomic E-state index is 13.7. The fourth-order valence-electron chi connectivity index (χ4n) is 2.80. The standard InChI is InChI=1S/C15H17BrFNO3/c1-9-3-12(7-19)15(8-21-9,18-10(2)20)11-4-13(16)6-14(17)5-11/h4-7,9,12H,3,8H2,1-2H3,(H,18,20)/t9-,12-,15+/m0/s1. The van der Waals surface area contributed by atoms with Crippen LogP contribution in [0.15, 0.2) is 22.7 Å². The molecule has 1 aromatic carbocycles. The lowest BCUT2D eigenvalue weighted by atomic mass is 9.74. The number of benzene rings is 1. The van der Waals surface area contributed by atoms with Crippen molar-refractivity contribution in [1.29, 1.82) is 0 Å². The Labute approximate surface area is 131 Å². The summed E-state index contributed by atoms with van der Waals surface area (Å²) in [5.41, 5.74) is -0.515. The number of hydrogen-bond acceptors (Lipinski definition) is 3. The zero-order chi connectivity index (χ0) is 15.6. The Morgan fingerprint density at radius 2 is 2.24 bits per heavy atom. The number of amides is 1. The van der Waals surface area contributed by atoms with E-state index in [4.69, 9.17) is 4.74 Å². The van der Waals surface area contributed by atoms with E-state index in [0.717, 1.165) is 6.29 Å². The van der Waals surface area contributed by atoms with Crippen molar-refractivity contribution < 1.29 is 18.7 Å². The van der Waals surface area contributed by atoms with Gasteiger partial charge in [-0.05, 0) is 37.1 Å². The van der Waals surface area contributed by atoms with Crippen LogP contribution < -0.4 is 5.32 Å². The summed E-state index contributed by atoms with van der Waals surface area (Å²) in [5, 5.41) is 2.80. The van der Waals surface area contributed by atoms with Gasteiger partial charge in [0.25, 0.3) is 0 Å². The van der Waals surface area contributed by atoms with Crippen LogP contribution in [0.5, 0.6) is 0 Å². The normalized spacial score (nSPS) is 29.0. The van der Waals surface area contributed by atoms with E-state index in [9.17, 15) is 14.0 Å². The molecule has 4 nitrogen and oxygen atoms in total. The summed E-state index contributed by atoms with van der Waals surface area (Å²) in [6.07, 6.45) is 1.20. The van der Waals surface area contributed by atoms with E-state index in [1.807, 2.05) is 6.92 Å². The fraction of sp³-hybridized carbons (Fsp3) is 0.467. The second-order valence-corrected chi connectivity index (χ2v) is 6.33. The van der Waals surface area contributed by atoms with Crippen LogP contribution in [-0.2, 0) is 19.9 Å². The van der Waals surface area contributed by atoms with Crippen molar-refractivity contribution in [2.45, 2.75) is 31.9 Å². The number of ether oxygens (including phenoxy) is 1. The number of carbonyl (C=O) groups excluding carboxylic acids is 2. The highest BCUT2D eigenvalue weighted by atomic mass is 79.9. The van der Waals surface area contributed by atoms with Gasteiger partial charge >= 0.3 is 0 Å². The van der Waals surface area contributed by atoms with Crippen molar-refractivity contribution in [2.75, 3.05) is 6.61 Å². The third-order valence-corrected chi connectivity index (χ3v) is 4.21. The van der Waals surface area contributed by atoms with Crippen molar-refractivity contribution in [3.63, 3.8) is 0 Å². The molecule has 1 aliphatic heterocycles. The minimum Gasteiger partial charge on any atom is -0.376 e. The average Bonchev–Trinajstić information content (AvgIpc) is 2.39. The monoisotopic (exact) mass is 357 g/mol. The van der Waals surface area contributed by atoms with Crippen LogP contribution in [0.1, 0.15) is 25.8 Å². The highest BCUT2D eigenvalue weighted by molar-refractivity contribution is 9.10. The molecule has 21 heavy (non-hydrogen) atoms. The van der Waals surface area contributed by atoms with Gasteiger partial charge in [0.05, 0.1) is 18.2 Å². The lowest BCUT2D eigenvalue weighted by Crippen LogP contribution is -2.58. The van der Waals surface area contributed by atoms with Gasteiger partial charge in [-0.1, -0.05) is 15.9 Å². The molecule has 2 rings (SSSR count). The largest absolute Gasteiger partial charge is 0.376 e. The Hall–Kier alpha value is -1.27. The Balaban J connectivity index is 2.54. The molecule has 0 aliphatic carbocycles. The minimum absolute atomic E-state index is 0.0842. The van der Waals surface area contributed by atoms with Crippen LogP contribution in [0.2, 0.25) is 0 Å².